The normalized spacial score (nSPS) is 10.7. The first-order valence-corrected chi connectivity index (χ1v) is 6.31. The number of fused-ring (bicyclic) bond motifs is 1. The molecular weight excluding hydrogens is 236 g/mol. The van der Waals surface area contributed by atoms with Crippen molar-refractivity contribution >= 4 is 10.9 Å². The van der Waals surface area contributed by atoms with E-state index in [9.17, 15) is 0 Å². The van der Waals surface area contributed by atoms with Crippen molar-refractivity contribution in [1.82, 2.24) is 14.3 Å². The maximum absolute atomic E-state index is 9.10. The third-order valence-corrected chi connectivity index (χ3v) is 3.30. The third-order valence-electron chi connectivity index (χ3n) is 3.30. The minimum absolute atomic E-state index is 0.723. The topological polar surface area (TPSA) is 46.5 Å². The Kier molecular flexibility index (Phi) is 2.81. The fourth-order valence-electron chi connectivity index (χ4n) is 2.32. The van der Waals surface area contributed by atoms with Crippen molar-refractivity contribution in [2.45, 2.75) is 20.0 Å². The van der Waals surface area contributed by atoms with Crippen molar-refractivity contribution in [3.63, 3.8) is 0 Å². The first kappa shape index (κ1) is 11.5. The quantitative estimate of drug-likeness (QED) is 0.717. The van der Waals surface area contributed by atoms with Gasteiger partial charge in [0, 0.05) is 35.4 Å². The van der Waals surface area contributed by atoms with Crippen LogP contribution in [0.4, 0.5) is 0 Å². The van der Waals surface area contributed by atoms with Crippen LogP contribution in [0, 0.1) is 11.3 Å². The van der Waals surface area contributed by atoms with Gasteiger partial charge >= 0.3 is 0 Å². The number of benzene rings is 1. The molecule has 0 atom stereocenters. The molecule has 0 saturated carbocycles. The number of hydrogen-bond acceptors (Lipinski definition) is 2. The minimum atomic E-state index is 0.723. The molecule has 0 saturated heterocycles. The summed E-state index contributed by atoms with van der Waals surface area (Å²) in [6.07, 6.45) is 5.97. The average molecular weight is 250 g/mol. The molecule has 0 spiro atoms. The van der Waals surface area contributed by atoms with E-state index in [1.54, 1.807) is 0 Å². The molecule has 0 unspecified atom stereocenters. The predicted octanol–water partition coefficient (Wildman–Crippen LogP) is 2.78. The lowest BCUT2D eigenvalue weighted by Crippen LogP contribution is -1.97. The molecule has 0 fully saturated rings. The Labute approximate surface area is 111 Å². The van der Waals surface area contributed by atoms with E-state index in [0.29, 0.717) is 0 Å². The standard InChI is InChI=1S/C15H14N4/c1-2-19-11-12(9-17-19)10-18-7-6-14-13(8-16)4-3-5-15(14)18/h3-7,9,11H,2,10H2,1H3. The lowest BCUT2D eigenvalue weighted by molar-refractivity contribution is 0.658. The van der Waals surface area contributed by atoms with Crippen LogP contribution in [0.1, 0.15) is 18.1 Å². The van der Waals surface area contributed by atoms with Gasteiger partial charge in [-0.3, -0.25) is 4.68 Å². The van der Waals surface area contributed by atoms with Gasteiger partial charge in [-0.05, 0) is 25.1 Å². The van der Waals surface area contributed by atoms with Crippen molar-refractivity contribution in [2.75, 3.05) is 0 Å². The Hall–Kier alpha value is -2.54. The van der Waals surface area contributed by atoms with Gasteiger partial charge in [0.25, 0.3) is 0 Å². The summed E-state index contributed by atoms with van der Waals surface area (Å²) in [6, 6.07) is 10.0. The second kappa shape index (κ2) is 4.62. The summed E-state index contributed by atoms with van der Waals surface area (Å²) >= 11 is 0. The molecule has 4 heteroatoms. The van der Waals surface area contributed by atoms with Gasteiger partial charge in [-0.1, -0.05) is 6.07 Å². The maximum atomic E-state index is 9.10. The zero-order chi connectivity index (χ0) is 13.2. The molecule has 0 amide bonds. The second-order valence-corrected chi connectivity index (χ2v) is 4.50. The molecule has 0 N–H and O–H groups in total. The fraction of sp³-hybridized carbons (Fsp3) is 0.200. The predicted molar refractivity (Wildman–Crippen MR) is 73.7 cm³/mol. The van der Waals surface area contributed by atoms with Crippen LogP contribution in [-0.2, 0) is 13.1 Å². The summed E-state index contributed by atoms with van der Waals surface area (Å²) in [5.74, 6) is 0. The van der Waals surface area contributed by atoms with E-state index in [4.69, 9.17) is 5.26 Å². The summed E-state index contributed by atoms with van der Waals surface area (Å²) in [7, 11) is 0. The van der Waals surface area contributed by atoms with Crippen LogP contribution in [0.2, 0.25) is 0 Å². The zero-order valence-electron chi connectivity index (χ0n) is 10.7. The van der Waals surface area contributed by atoms with Crippen LogP contribution in [-0.4, -0.2) is 14.3 Å². The van der Waals surface area contributed by atoms with Crippen molar-refractivity contribution in [2.24, 2.45) is 0 Å². The molecule has 3 rings (SSSR count). The van der Waals surface area contributed by atoms with E-state index in [1.165, 1.54) is 5.56 Å². The molecule has 0 aliphatic heterocycles. The van der Waals surface area contributed by atoms with E-state index < -0.39 is 0 Å². The van der Waals surface area contributed by atoms with Gasteiger partial charge in [-0.2, -0.15) is 10.4 Å². The summed E-state index contributed by atoms with van der Waals surface area (Å²) in [5, 5.41) is 14.4. The zero-order valence-corrected chi connectivity index (χ0v) is 10.7. The SMILES string of the molecule is CCn1cc(Cn2ccc3c(C#N)cccc32)cn1. The second-order valence-electron chi connectivity index (χ2n) is 4.50. The van der Waals surface area contributed by atoms with Gasteiger partial charge in [0.2, 0.25) is 0 Å². The molecule has 19 heavy (non-hydrogen) atoms. The van der Waals surface area contributed by atoms with Gasteiger partial charge in [0.05, 0.1) is 24.4 Å². The van der Waals surface area contributed by atoms with E-state index >= 15 is 0 Å². The summed E-state index contributed by atoms with van der Waals surface area (Å²) in [6.45, 7) is 3.73. The molecule has 1 aromatic carbocycles. The number of nitriles is 1. The highest BCUT2D eigenvalue weighted by Crippen LogP contribution is 2.20. The Morgan fingerprint density at radius 3 is 2.95 bits per heavy atom. The molecule has 0 radical (unpaired) electrons. The highest BCUT2D eigenvalue weighted by atomic mass is 15.3. The lowest BCUT2D eigenvalue weighted by Gasteiger charge is -2.03. The van der Waals surface area contributed by atoms with Crippen molar-refractivity contribution in [3.05, 3.63) is 54.0 Å². The highest BCUT2D eigenvalue weighted by molar-refractivity contribution is 5.86. The molecule has 0 aliphatic rings. The molecular formula is C15H14N4. The molecule has 94 valence electrons. The van der Waals surface area contributed by atoms with E-state index in [0.717, 1.165) is 29.6 Å². The Morgan fingerprint density at radius 2 is 2.21 bits per heavy atom. The largest absolute Gasteiger partial charge is 0.343 e. The minimum Gasteiger partial charge on any atom is -0.343 e. The van der Waals surface area contributed by atoms with E-state index in [2.05, 4.69) is 28.9 Å². The molecule has 2 aromatic heterocycles. The Bertz CT molecular complexity index is 758. The van der Waals surface area contributed by atoms with E-state index in [-0.39, 0.29) is 0 Å². The molecule has 4 nitrogen and oxygen atoms in total. The first-order chi connectivity index (χ1) is 9.31. The van der Waals surface area contributed by atoms with Crippen molar-refractivity contribution < 1.29 is 0 Å². The lowest BCUT2D eigenvalue weighted by atomic mass is 10.1. The van der Waals surface area contributed by atoms with Crippen LogP contribution in [0.5, 0.6) is 0 Å². The Balaban J connectivity index is 2.00. The summed E-state index contributed by atoms with van der Waals surface area (Å²) in [4.78, 5) is 0. The van der Waals surface area contributed by atoms with E-state index in [1.807, 2.05) is 41.3 Å². The third kappa shape index (κ3) is 2.00. The van der Waals surface area contributed by atoms with Gasteiger partial charge in [0.1, 0.15) is 0 Å². The number of aromatic nitrogens is 3. The van der Waals surface area contributed by atoms with Crippen LogP contribution in [0.3, 0.4) is 0 Å². The van der Waals surface area contributed by atoms with Crippen LogP contribution < -0.4 is 0 Å². The molecule has 0 bridgehead atoms. The van der Waals surface area contributed by atoms with Crippen LogP contribution in [0.25, 0.3) is 10.9 Å². The first-order valence-electron chi connectivity index (χ1n) is 6.31. The van der Waals surface area contributed by atoms with Gasteiger partial charge in [-0.25, -0.2) is 0 Å². The van der Waals surface area contributed by atoms with Gasteiger partial charge in [-0.15, -0.1) is 0 Å². The molecule has 3 aromatic rings. The maximum Gasteiger partial charge on any atom is 0.0998 e. The van der Waals surface area contributed by atoms with Crippen molar-refractivity contribution in [1.29, 1.82) is 5.26 Å². The van der Waals surface area contributed by atoms with Crippen LogP contribution >= 0.6 is 0 Å². The van der Waals surface area contributed by atoms with Crippen molar-refractivity contribution in [3.8, 4) is 6.07 Å². The molecule has 2 heterocycles. The van der Waals surface area contributed by atoms with Gasteiger partial charge in [0.15, 0.2) is 0 Å². The fourth-order valence-corrected chi connectivity index (χ4v) is 2.32. The van der Waals surface area contributed by atoms with Crippen LogP contribution in [0.15, 0.2) is 42.9 Å². The summed E-state index contributed by atoms with van der Waals surface area (Å²) in [5.41, 5.74) is 2.98. The number of rotatable bonds is 3. The number of hydrogen-bond donors (Lipinski definition) is 0. The highest BCUT2D eigenvalue weighted by Gasteiger charge is 2.06. The van der Waals surface area contributed by atoms with Gasteiger partial charge < -0.3 is 4.57 Å². The summed E-state index contributed by atoms with van der Waals surface area (Å²) < 4.78 is 4.06. The number of aryl methyl sites for hydroxylation is 1. The number of nitrogens with zero attached hydrogens (tertiary/aromatic N) is 4. The molecule has 0 aliphatic carbocycles. The Morgan fingerprint density at radius 1 is 1.32 bits per heavy atom. The average Bonchev–Trinajstić information content (AvgIpc) is 3.06. The monoisotopic (exact) mass is 250 g/mol. The smallest absolute Gasteiger partial charge is 0.0998 e.